The number of hydrogen-bond donors (Lipinski definition) is 1. The van der Waals surface area contributed by atoms with Gasteiger partial charge in [0.15, 0.2) is 5.78 Å². The summed E-state index contributed by atoms with van der Waals surface area (Å²) in [6.45, 7) is 2.64. The number of allylic oxidation sites excluding steroid dienone is 4. The van der Waals surface area contributed by atoms with Crippen LogP contribution in [0.4, 0.5) is 0 Å². The number of carbonyl (C=O) groups is 3. The maximum absolute atomic E-state index is 12.3. The van der Waals surface area contributed by atoms with Gasteiger partial charge in [-0.3, -0.25) is 4.79 Å². The minimum absolute atomic E-state index is 0. The van der Waals surface area contributed by atoms with E-state index < -0.39 is 54.6 Å². The number of carboxylic acid groups (broad SMARTS) is 2. The Morgan fingerprint density at radius 1 is 1.00 bits per heavy atom. The fourth-order valence-corrected chi connectivity index (χ4v) is 4.96. The second-order valence-corrected chi connectivity index (χ2v) is 9.63. The molecular formula is C23H13Cl2Na3O9S. The van der Waals surface area contributed by atoms with Crippen molar-refractivity contribution in [3.8, 4) is 5.75 Å². The Kier molecular flexibility index (Phi) is 14.3. The molecule has 0 fully saturated rings. The van der Waals surface area contributed by atoms with Crippen molar-refractivity contribution in [3.63, 3.8) is 0 Å². The zero-order valence-corrected chi connectivity index (χ0v) is 29.2. The fraction of sp³-hybridized carbons (Fsp3) is 0.0870. The van der Waals surface area contributed by atoms with Gasteiger partial charge in [0, 0.05) is 5.56 Å². The molecule has 0 spiro atoms. The van der Waals surface area contributed by atoms with Crippen LogP contribution in [0.1, 0.15) is 34.0 Å². The molecule has 0 radical (unpaired) electrons. The number of hydrogen-bond acceptors (Lipinski definition) is 8. The fourth-order valence-electron chi connectivity index (χ4n) is 3.56. The number of aryl methyl sites for hydroxylation is 1. The molecule has 2 aromatic carbocycles. The normalized spacial score (nSPS) is 14.2. The van der Waals surface area contributed by atoms with E-state index in [1.54, 1.807) is 0 Å². The summed E-state index contributed by atoms with van der Waals surface area (Å²) < 4.78 is 35.3. The van der Waals surface area contributed by atoms with Crippen molar-refractivity contribution >= 4 is 56.6 Å². The SMILES string of the molecule is CC1=C/C(=C(\c2cc(C)c([O-])c(C(=O)[O-])c2)c2c(Cl)ccc(S(=O)(=O)[O-])c2Cl)C=C(C(=O)O)C1=O.[Na+].[Na+].[Na+]. The van der Waals surface area contributed by atoms with E-state index in [1.807, 2.05) is 0 Å². The third kappa shape index (κ3) is 7.64. The molecular weight excluding hydrogens is 592 g/mol. The van der Waals surface area contributed by atoms with E-state index in [9.17, 15) is 42.7 Å². The van der Waals surface area contributed by atoms with Crippen molar-refractivity contribution < 1.29 is 131 Å². The summed E-state index contributed by atoms with van der Waals surface area (Å²) in [6, 6.07) is 4.11. The second-order valence-electron chi connectivity index (χ2n) is 7.50. The summed E-state index contributed by atoms with van der Waals surface area (Å²) in [5, 5.41) is 32.5. The van der Waals surface area contributed by atoms with Crippen LogP contribution < -0.4 is 98.9 Å². The maximum Gasteiger partial charge on any atom is 1.00 e. The molecule has 2 aromatic rings. The van der Waals surface area contributed by atoms with Crippen molar-refractivity contribution in [2.24, 2.45) is 0 Å². The zero-order valence-electron chi connectivity index (χ0n) is 20.8. The average Bonchev–Trinajstić information content (AvgIpc) is 2.73. The quantitative estimate of drug-likeness (QED) is 0.197. The number of aliphatic carboxylic acids is 1. The number of carbonyl (C=O) groups excluding carboxylic acids is 2. The molecule has 0 bridgehead atoms. The molecule has 0 aliphatic heterocycles. The molecule has 1 aliphatic carbocycles. The van der Waals surface area contributed by atoms with E-state index in [0.29, 0.717) is 0 Å². The van der Waals surface area contributed by atoms with Crippen LogP contribution >= 0.6 is 23.2 Å². The number of Topliss-reactive ketones (excluding diaryl/α,β-unsaturated/α-hetero) is 1. The van der Waals surface area contributed by atoms with E-state index in [0.717, 1.165) is 24.3 Å². The molecule has 0 atom stereocenters. The summed E-state index contributed by atoms with van der Waals surface area (Å²) in [6.07, 6.45) is 2.23. The summed E-state index contributed by atoms with van der Waals surface area (Å²) in [5.74, 6) is -5.01. The van der Waals surface area contributed by atoms with Crippen LogP contribution in [0.2, 0.25) is 10.0 Å². The van der Waals surface area contributed by atoms with Crippen LogP contribution in [0.25, 0.3) is 5.57 Å². The van der Waals surface area contributed by atoms with Gasteiger partial charge in [-0.2, -0.15) is 0 Å². The molecule has 0 aromatic heterocycles. The molecule has 0 saturated carbocycles. The molecule has 38 heavy (non-hydrogen) atoms. The predicted octanol–water partition coefficient (Wildman–Crippen LogP) is -7.00. The Morgan fingerprint density at radius 2 is 1.58 bits per heavy atom. The zero-order chi connectivity index (χ0) is 26.4. The Hall–Kier alpha value is -0.440. The van der Waals surface area contributed by atoms with Crippen LogP contribution in [-0.4, -0.2) is 35.8 Å². The van der Waals surface area contributed by atoms with E-state index in [-0.39, 0.29) is 127 Å². The summed E-state index contributed by atoms with van der Waals surface area (Å²) in [7, 11) is -5.10. The molecule has 0 amide bonds. The number of halogens is 2. The number of carboxylic acids is 2. The van der Waals surface area contributed by atoms with Gasteiger partial charge in [-0.25, -0.2) is 13.2 Å². The number of ketones is 1. The minimum atomic E-state index is -5.10. The molecule has 1 aliphatic rings. The topological polar surface area (TPSA) is 175 Å². The summed E-state index contributed by atoms with van der Waals surface area (Å²) >= 11 is 12.6. The summed E-state index contributed by atoms with van der Waals surface area (Å²) in [4.78, 5) is 34.7. The van der Waals surface area contributed by atoms with Gasteiger partial charge in [-0.05, 0) is 72.0 Å². The monoisotopic (exact) mass is 604 g/mol. The van der Waals surface area contributed by atoms with Crippen LogP contribution in [0.3, 0.4) is 0 Å². The first-order valence-electron chi connectivity index (χ1n) is 9.55. The van der Waals surface area contributed by atoms with E-state index in [4.69, 9.17) is 23.2 Å². The van der Waals surface area contributed by atoms with Gasteiger partial charge in [0.05, 0.1) is 20.9 Å². The first kappa shape index (κ1) is 37.6. The van der Waals surface area contributed by atoms with Crippen LogP contribution in [0, 0.1) is 6.92 Å². The molecule has 182 valence electrons. The standard InChI is InChI=1S/C23H16Cl2O9S.3Na/c1-9-5-11(7-13(20(9)26)22(28)29)17(12-6-10(2)21(27)14(8-12)23(30)31)18-15(24)3-4-16(19(18)25)35(32,33)34;;;/h3-8,26H,1-2H3,(H,28,29)(H,30,31)(H,32,33,34);;;/q;3*+1/p-3/b17-12-;;;. The first-order valence-corrected chi connectivity index (χ1v) is 11.7. The Morgan fingerprint density at radius 3 is 2.08 bits per heavy atom. The van der Waals surface area contributed by atoms with Gasteiger partial charge in [0.25, 0.3) is 0 Å². The van der Waals surface area contributed by atoms with Crippen LogP contribution in [0.5, 0.6) is 5.75 Å². The molecule has 0 unspecified atom stereocenters. The van der Waals surface area contributed by atoms with Crippen molar-refractivity contribution in [3.05, 3.63) is 85.4 Å². The van der Waals surface area contributed by atoms with Crippen molar-refractivity contribution in [1.82, 2.24) is 0 Å². The Labute approximate surface area is 294 Å². The maximum atomic E-state index is 12.3. The molecule has 1 N–H and O–H groups in total. The Bertz CT molecular complexity index is 1550. The van der Waals surface area contributed by atoms with E-state index >= 15 is 0 Å². The van der Waals surface area contributed by atoms with Gasteiger partial charge < -0.3 is 24.7 Å². The Balaban J connectivity index is 0.00000456. The number of rotatable bonds is 5. The van der Waals surface area contributed by atoms with Gasteiger partial charge in [0.1, 0.15) is 15.7 Å². The predicted molar refractivity (Wildman–Crippen MR) is 120 cm³/mol. The van der Waals surface area contributed by atoms with Crippen molar-refractivity contribution in [1.29, 1.82) is 0 Å². The van der Waals surface area contributed by atoms with E-state index in [2.05, 4.69) is 0 Å². The van der Waals surface area contributed by atoms with Gasteiger partial charge in [-0.15, -0.1) is 0 Å². The minimum Gasteiger partial charge on any atom is -0.872 e. The van der Waals surface area contributed by atoms with Gasteiger partial charge in [-0.1, -0.05) is 40.6 Å². The second kappa shape index (κ2) is 14.5. The first-order chi connectivity index (χ1) is 16.1. The molecule has 15 heteroatoms. The van der Waals surface area contributed by atoms with Gasteiger partial charge >= 0.3 is 94.6 Å². The van der Waals surface area contributed by atoms with E-state index in [1.165, 1.54) is 26.0 Å². The molecule has 0 saturated heterocycles. The largest absolute Gasteiger partial charge is 1.00 e. The van der Waals surface area contributed by atoms with Crippen LogP contribution in [0.15, 0.2) is 58.0 Å². The smallest absolute Gasteiger partial charge is 0.872 e. The van der Waals surface area contributed by atoms with Gasteiger partial charge in [0.2, 0.25) is 0 Å². The van der Waals surface area contributed by atoms with Crippen LogP contribution in [-0.2, 0) is 19.7 Å². The third-order valence-electron chi connectivity index (χ3n) is 5.15. The molecule has 3 rings (SSSR count). The molecule has 9 nitrogen and oxygen atoms in total. The molecule has 0 heterocycles. The summed E-state index contributed by atoms with van der Waals surface area (Å²) in [5.41, 5.74) is -1.90. The third-order valence-corrected chi connectivity index (χ3v) is 6.85. The number of benzene rings is 2. The van der Waals surface area contributed by atoms with Crippen molar-refractivity contribution in [2.45, 2.75) is 18.7 Å². The average molecular weight is 605 g/mol. The number of aromatic carboxylic acids is 1. The van der Waals surface area contributed by atoms with Crippen molar-refractivity contribution in [2.75, 3.05) is 0 Å².